The zero-order valence-corrected chi connectivity index (χ0v) is 13.4. The van der Waals surface area contributed by atoms with Gasteiger partial charge in [0.25, 0.3) is 0 Å². The van der Waals surface area contributed by atoms with E-state index in [1.807, 2.05) is 0 Å². The monoisotopic (exact) mass is 264 g/mol. The van der Waals surface area contributed by atoms with Crippen LogP contribution in [0.15, 0.2) is 23.8 Å². The Morgan fingerprint density at radius 3 is 1.95 bits per heavy atom. The molecule has 0 spiro atoms. The lowest BCUT2D eigenvalue weighted by molar-refractivity contribution is 0.230. The molecule has 110 valence electrons. The molecule has 0 bridgehead atoms. The van der Waals surface area contributed by atoms with Crippen LogP contribution in [-0.4, -0.2) is 50.1 Å². The summed E-state index contributed by atoms with van der Waals surface area (Å²) in [6.07, 6.45) is 11.8. The number of nitrogens with zero attached hydrogens (tertiary/aromatic N) is 2. The van der Waals surface area contributed by atoms with Crippen LogP contribution in [0.1, 0.15) is 39.5 Å². The van der Waals surface area contributed by atoms with E-state index in [0.717, 1.165) is 5.92 Å². The van der Waals surface area contributed by atoms with Crippen molar-refractivity contribution in [3.05, 3.63) is 23.8 Å². The molecule has 19 heavy (non-hydrogen) atoms. The lowest BCUT2D eigenvalue weighted by atomic mass is 10.00. The third-order valence-electron chi connectivity index (χ3n) is 4.16. The van der Waals surface area contributed by atoms with Gasteiger partial charge in [-0.1, -0.05) is 30.7 Å². The average molecular weight is 264 g/mol. The van der Waals surface area contributed by atoms with Gasteiger partial charge >= 0.3 is 0 Å². The molecule has 0 aromatic carbocycles. The number of allylic oxidation sites excluding steroid dienone is 3. The predicted octanol–water partition coefficient (Wildman–Crippen LogP) is 3.56. The Kier molecular flexibility index (Phi) is 8.08. The summed E-state index contributed by atoms with van der Waals surface area (Å²) < 4.78 is 0. The molecule has 0 N–H and O–H groups in total. The highest BCUT2D eigenvalue weighted by atomic mass is 15.1. The molecule has 0 saturated carbocycles. The number of likely N-dealkylation sites (tertiary alicyclic amines) is 2. The van der Waals surface area contributed by atoms with E-state index in [2.05, 4.69) is 56.0 Å². The Morgan fingerprint density at radius 1 is 0.947 bits per heavy atom. The molecule has 0 radical (unpaired) electrons. The van der Waals surface area contributed by atoms with Crippen molar-refractivity contribution in [2.24, 2.45) is 5.92 Å². The van der Waals surface area contributed by atoms with E-state index in [-0.39, 0.29) is 0 Å². The summed E-state index contributed by atoms with van der Waals surface area (Å²) >= 11 is 0. The molecule has 0 aromatic heterocycles. The molecule has 2 fully saturated rings. The maximum absolute atomic E-state index is 2.40. The van der Waals surface area contributed by atoms with Crippen molar-refractivity contribution >= 4 is 0 Å². The van der Waals surface area contributed by atoms with Gasteiger partial charge in [-0.25, -0.2) is 0 Å². The summed E-state index contributed by atoms with van der Waals surface area (Å²) in [4.78, 5) is 4.78. The normalized spacial score (nSPS) is 23.3. The average Bonchev–Trinajstić information content (AvgIpc) is 2.42. The SMILES string of the molecule is C/C=C/C=C1CCN(C)CC1.CC1CCN(C)CC1. The summed E-state index contributed by atoms with van der Waals surface area (Å²) in [5.41, 5.74) is 1.60. The van der Waals surface area contributed by atoms with Crippen molar-refractivity contribution in [2.75, 3.05) is 40.3 Å². The molecule has 2 saturated heterocycles. The fourth-order valence-corrected chi connectivity index (χ4v) is 2.44. The fraction of sp³-hybridized carbons (Fsp3) is 0.765. The van der Waals surface area contributed by atoms with Gasteiger partial charge in [0.1, 0.15) is 0 Å². The van der Waals surface area contributed by atoms with Gasteiger partial charge in [0.2, 0.25) is 0 Å². The van der Waals surface area contributed by atoms with Gasteiger partial charge in [0.15, 0.2) is 0 Å². The summed E-state index contributed by atoms with van der Waals surface area (Å²) in [6.45, 7) is 9.47. The standard InChI is InChI=1S/C10H17N.C7H15N/c1-3-4-5-10-6-8-11(2)9-7-10;1-7-3-5-8(2)6-4-7/h3-5H,6-9H2,1-2H3;7H,3-6H2,1-2H3/b4-3+;. The van der Waals surface area contributed by atoms with Gasteiger partial charge in [0.05, 0.1) is 0 Å². The van der Waals surface area contributed by atoms with Crippen molar-refractivity contribution in [3.8, 4) is 0 Å². The Labute approximate surface area is 120 Å². The third kappa shape index (κ3) is 7.54. The van der Waals surface area contributed by atoms with Gasteiger partial charge < -0.3 is 9.80 Å². The first-order chi connectivity index (χ1) is 9.11. The maximum Gasteiger partial charge on any atom is 0.00158 e. The van der Waals surface area contributed by atoms with E-state index in [9.17, 15) is 0 Å². The van der Waals surface area contributed by atoms with E-state index in [0.29, 0.717) is 0 Å². The zero-order chi connectivity index (χ0) is 14.1. The summed E-state index contributed by atoms with van der Waals surface area (Å²) in [6, 6.07) is 0. The van der Waals surface area contributed by atoms with Crippen molar-refractivity contribution in [1.29, 1.82) is 0 Å². The Hall–Kier alpha value is -0.600. The lowest BCUT2D eigenvalue weighted by Crippen LogP contribution is -2.28. The minimum atomic E-state index is 0.978. The van der Waals surface area contributed by atoms with E-state index >= 15 is 0 Å². The summed E-state index contributed by atoms with van der Waals surface area (Å²) in [5, 5.41) is 0. The molecule has 0 aromatic rings. The van der Waals surface area contributed by atoms with Gasteiger partial charge in [0, 0.05) is 13.1 Å². The minimum absolute atomic E-state index is 0.978. The van der Waals surface area contributed by atoms with Crippen LogP contribution in [0.5, 0.6) is 0 Å². The molecule has 2 rings (SSSR count). The Bertz CT molecular complexity index is 266. The smallest absolute Gasteiger partial charge is 0.00158 e. The summed E-state index contributed by atoms with van der Waals surface area (Å²) in [5.74, 6) is 0.978. The van der Waals surface area contributed by atoms with Crippen LogP contribution in [0.3, 0.4) is 0 Å². The van der Waals surface area contributed by atoms with Crippen LogP contribution in [-0.2, 0) is 0 Å². The molecular weight excluding hydrogens is 232 g/mol. The van der Waals surface area contributed by atoms with E-state index < -0.39 is 0 Å². The van der Waals surface area contributed by atoms with Gasteiger partial charge in [-0.2, -0.15) is 0 Å². The van der Waals surface area contributed by atoms with Gasteiger partial charge in [-0.3, -0.25) is 0 Å². The van der Waals surface area contributed by atoms with Crippen LogP contribution in [0.2, 0.25) is 0 Å². The second-order valence-electron chi connectivity index (χ2n) is 6.14. The molecule has 2 aliphatic rings. The highest BCUT2D eigenvalue weighted by Gasteiger charge is 2.10. The number of rotatable bonds is 1. The van der Waals surface area contributed by atoms with Crippen molar-refractivity contribution in [3.63, 3.8) is 0 Å². The second-order valence-corrected chi connectivity index (χ2v) is 6.14. The third-order valence-corrected chi connectivity index (χ3v) is 4.16. The molecule has 0 amide bonds. The van der Waals surface area contributed by atoms with E-state index in [4.69, 9.17) is 0 Å². The second kappa shape index (κ2) is 9.33. The molecule has 0 atom stereocenters. The highest BCUT2D eigenvalue weighted by molar-refractivity contribution is 5.13. The van der Waals surface area contributed by atoms with Gasteiger partial charge in [-0.05, 0) is 65.7 Å². The van der Waals surface area contributed by atoms with E-state index in [1.54, 1.807) is 5.57 Å². The number of hydrogen-bond acceptors (Lipinski definition) is 2. The van der Waals surface area contributed by atoms with Crippen LogP contribution in [0, 0.1) is 5.92 Å². The van der Waals surface area contributed by atoms with Crippen LogP contribution in [0.25, 0.3) is 0 Å². The zero-order valence-electron chi connectivity index (χ0n) is 13.4. The number of piperidine rings is 2. The first-order valence-electron chi connectivity index (χ1n) is 7.79. The van der Waals surface area contributed by atoms with Crippen molar-refractivity contribution < 1.29 is 0 Å². The van der Waals surface area contributed by atoms with Crippen LogP contribution in [0.4, 0.5) is 0 Å². The quantitative estimate of drug-likeness (QED) is 0.714. The maximum atomic E-state index is 2.40. The van der Waals surface area contributed by atoms with Crippen molar-refractivity contribution in [1.82, 2.24) is 9.80 Å². The van der Waals surface area contributed by atoms with E-state index in [1.165, 1.54) is 51.9 Å². The van der Waals surface area contributed by atoms with Crippen LogP contribution < -0.4 is 0 Å². The first kappa shape index (κ1) is 16.5. The van der Waals surface area contributed by atoms with Gasteiger partial charge in [-0.15, -0.1) is 0 Å². The highest BCUT2D eigenvalue weighted by Crippen LogP contribution is 2.14. The van der Waals surface area contributed by atoms with Crippen molar-refractivity contribution in [2.45, 2.75) is 39.5 Å². The summed E-state index contributed by atoms with van der Waals surface area (Å²) in [7, 11) is 4.39. The Morgan fingerprint density at radius 2 is 1.47 bits per heavy atom. The predicted molar refractivity (Wildman–Crippen MR) is 85.5 cm³/mol. The molecule has 2 heteroatoms. The molecular formula is C17H32N2. The molecule has 2 aliphatic heterocycles. The first-order valence-corrected chi connectivity index (χ1v) is 7.79. The molecule has 0 unspecified atom stereocenters. The lowest BCUT2D eigenvalue weighted by Gasteiger charge is -2.26. The topological polar surface area (TPSA) is 6.48 Å². The minimum Gasteiger partial charge on any atom is -0.306 e. The Balaban J connectivity index is 0.000000200. The largest absolute Gasteiger partial charge is 0.306 e. The number of hydrogen-bond donors (Lipinski definition) is 0. The molecule has 0 aliphatic carbocycles. The fourth-order valence-electron chi connectivity index (χ4n) is 2.44. The molecule has 2 nitrogen and oxygen atoms in total. The molecule has 2 heterocycles. The van der Waals surface area contributed by atoms with Crippen LogP contribution >= 0.6 is 0 Å².